The highest BCUT2D eigenvalue weighted by atomic mass is 19.1. The molecule has 0 unspecified atom stereocenters. The zero-order valence-corrected chi connectivity index (χ0v) is 9.95. The second kappa shape index (κ2) is 5.65. The molecule has 0 atom stereocenters. The van der Waals surface area contributed by atoms with Crippen molar-refractivity contribution in [3.05, 3.63) is 35.1 Å². The summed E-state index contributed by atoms with van der Waals surface area (Å²) in [5.74, 6) is 4.52. The van der Waals surface area contributed by atoms with E-state index in [2.05, 4.69) is 11.8 Å². The highest BCUT2D eigenvalue weighted by Crippen LogP contribution is 2.17. The van der Waals surface area contributed by atoms with Gasteiger partial charge in [-0.05, 0) is 31.0 Å². The van der Waals surface area contributed by atoms with Crippen LogP contribution in [0.25, 0.3) is 0 Å². The zero-order valence-electron chi connectivity index (χ0n) is 9.95. The number of hydrogen-bond donors (Lipinski definition) is 1. The predicted molar refractivity (Wildman–Crippen MR) is 65.5 cm³/mol. The molecule has 1 aromatic rings. The number of aliphatic hydroxyl groups excluding tert-OH is 1. The maximum Gasteiger partial charge on any atom is 0.255 e. The van der Waals surface area contributed by atoms with Crippen LogP contribution in [0.1, 0.15) is 28.8 Å². The predicted octanol–water partition coefficient (Wildman–Crippen LogP) is 1.41. The SMILES string of the molecule is O=C(c1cc(F)ccc1C#CCO)N1CCCC1. The highest BCUT2D eigenvalue weighted by Gasteiger charge is 2.21. The van der Waals surface area contributed by atoms with Crippen LogP contribution in [0.2, 0.25) is 0 Å². The van der Waals surface area contributed by atoms with Crippen molar-refractivity contribution in [2.24, 2.45) is 0 Å². The van der Waals surface area contributed by atoms with Crippen molar-refractivity contribution >= 4 is 5.91 Å². The van der Waals surface area contributed by atoms with Crippen molar-refractivity contribution in [1.82, 2.24) is 4.90 Å². The van der Waals surface area contributed by atoms with Gasteiger partial charge in [0.2, 0.25) is 0 Å². The third-order valence-corrected chi connectivity index (χ3v) is 2.91. The minimum absolute atomic E-state index is 0.186. The second-order valence-electron chi connectivity index (χ2n) is 4.15. The Hall–Kier alpha value is -1.86. The van der Waals surface area contributed by atoms with Gasteiger partial charge >= 0.3 is 0 Å². The van der Waals surface area contributed by atoms with E-state index in [0.717, 1.165) is 12.8 Å². The van der Waals surface area contributed by atoms with E-state index in [-0.39, 0.29) is 18.1 Å². The van der Waals surface area contributed by atoms with Crippen molar-refractivity contribution in [2.45, 2.75) is 12.8 Å². The summed E-state index contributed by atoms with van der Waals surface area (Å²) in [6.45, 7) is 1.14. The summed E-state index contributed by atoms with van der Waals surface area (Å²) in [6, 6.07) is 3.95. The lowest BCUT2D eigenvalue weighted by atomic mass is 10.1. The van der Waals surface area contributed by atoms with Crippen LogP contribution >= 0.6 is 0 Å². The molecule has 18 heavy (non-hydrogen) atoms. The highest BCUT2D eigenvalue weighted by molar-refractivity contribution is 5.96. The average molecular weight is 247 g/mol. The third-order valence-electron chi connectivity index (χ3n) is 2.91. The molecule has 0 spiro atoms. The number of carbonyl (C=O) groups excluding carboxylic acids is 1. The molecular formula is C14H14FNO2. The first-order valence-corrected chi connectivity index (χ1v) is 5.91. The minimum atomic E-state index is -0.452. The van der Waals surface area contributed by atoms with Crippen molar-refractivity contribution in [3.8, 4) is 11.8 Å². The van der Waals surface area contributed by atoms with Crippen molar-refractivity contribution < 1.29 is 14.3 Å². The summed E-state index contributed by atoms with van der Waals surface area (Å²) >= 11 is 0. The van der Waals surface area contributed by atoms with Crippen LogP contribution in [0.4, 0.5) is 4.39 Å². The summed E-state index contributed by atoms with van der Waals surface area (Å²) in [6.07, 6.45) is 1.97. The van der Waals surface area contributed by atoms with Gasteiger partial charge in [-0.25, -0.2) is 4.39 Å². The molecule has 0 aromatic heterocycles. The van der Waals surface area contributed by atoms with Crippen LogP contribution in [-0.4, -0.2) is 35.6 Å². The lowest BCUT2D eigenvalue weighted by Crippen LogP contribution is -2.28. The van der Waals surface area contributed by atoms with E-state index in [4.69, 9.17) is 5.11 Å². The van der Waals surface area contributed by atoms with Gasteiger partial charge in [-0.15, -0.1) is 0 Å². The number of halogens is 1. The lowest BCUT2D eigenvalue weighted by molar-refractivity contribution is 0.0792. The first-order valence-electron chi connectivity index (χ1n) is 5.91. The molecule has 1 heterocycles. The normalized spacial score (nSPS) is 14.2. The van der Waals surface area contributed by atoms with Crippen molar-refractivity contribution in [2.75, 3.05) is 19.7 Å². The maximum absolute atomic E-state index is 13.2. The number of nitrogens with zero attached hydrogens (tertiary/aromatic N) is 1. The van der Waals surface area contributed by atoms with E-state index >= 15 is 0 Å². The quantitative estimate of drug-likeness (QED) is 0.762. The van der Waals surface area contributed by atoms with Gasteiger partial charge in [-0.1, -0.05) is 11.8 Å². The fraction of sp³-hybridized carbons (Fsp3) is 0.357. The summed E-state index contributed by atoms with van der Waals surface area (Å²) in [7, 11) is 0. The van der Waals surface area contributed by atoms with Crippen molar-refractivity contribution in [3.63, 3.8) is 0 Å². The van der Waals surface area contributed by atoms with E-state index in [0.29, 0.717) is 18.7 Å². The summed E-state index contributed by atoms with van der Waals surface area (Å²) in [5.41, 5.74) is 0.736. The van der Waals surface area contributed by atoms with Gasteiger partial charge in [-0.3, -0.25) is 4.79 Å². The van der Waals surface area contributed by atoms with Gasteiger partial charge in [0.1, 0.15) is 12.4 Å². The molecule has 1 aliphatic rings. The maximum atomic E-state index is 13.2. The van der Waals surface area contributed by atoms with E-state index in [1.807, 2.05) is 0 Å². The summed E-state index contributed by atoms with van der Waals surface area (Å²) in [5, 5.41) is 8.68. The molecule has 0 bridgehead atoms. The van der Waals surface area contributed by atoms with Crippen molar-refractivity contribution in [1.29, 1.82) is 0 Å². The van der Waals surface area contributed by atoms with Gasteiger partial charge in [0.25, 0.3) is 5.91 Å². The van der Waals surface area contributed by atoms with Crippen LogP contribution in [0.3, 0.4) is 0 Å². The molecule has 0 aliphatic carbocycles. The Kier molecular flexibility index (Phi) is 3.96. The molecule has 0 saturated carbocycles. The molecule has 1 N–H and O–H groups in total. The molecule has 1 aromatic carbocycles. The number of likely N-dealkylation sites (tertiary alicyclic amines) is 1. The molecule has 1 amide bonds. The largest absolute Gasteiger partial charge is 0.384 e. The van der Waals surface area contributed by atoms with Gasteiger partial charge in [0.05, 0.1) is 5.56 Å². The van der Waals surface area contributed by atoms with E-state index in [1.165, 1.54) is 18.2 Å². The van der Waals surface area contributed by atoms with Crippen LogP contribution in [0.5, 0.6) is 0 Å². The number of carbonyl (C=O) groups is 1. The molecule has 4 heteroatoms. The molecule has 2 rings (SSSR count). The molecule has 94 valence electrons. The van der Waals surface area contributed by atoms with Gasteiger partial charge in [0.15, 0.2) is 0 Å². The van der Waals surface area contributed by atoms with E-state index in [9.17, 15) is 9.18 Å². The Morgan fingerprint density at radius 3 is 2.78 bits per heavy atom. The van der Waals surface area contributed by atoms with Gasteiger partial charge in [0, 0.05) is 18.7 Å². The number of rotatable bonds is 1. The Balaban J connectivity index is 2.34. The average Bonchev–Trinajstić information content (AvgIpc) is 2.90. The number of aliphatic hydroxyl groups is 1. The van der Waals surface area contributed by atoms with Crippen LogP contribution in [-0.2, 0) is 0 Å². The minimum Gasteiger partial charge on any atom is -0.384 e. The molecule has 1 aliphatic heterocycles. The molecule has 3 nitrogen and oxygen atoms in total. The fourth-order valence-electron chi connectivity index (χ4n) is 2.03. The molecule has 1 fully saturated rings. The third kappa shape index (κ3) is 2.69. The topological polar surface area (TPSA) is 40.5 Å². The number of hydrogen-bond acceptors (Lipinski definition) is 2. The molecule has 0 radical (unpaired) electrons. The molecular weight excluding hydrogens is 233 g/mol. The first kappa shape index (κ1) is 12.6. The summed E-state index contributed by atoms with van der Waals surface area (Å²) in [4.78, 5) is 13.9. The Morgan fingerprint density at radius 1 is 1.39 bits per heavy atom. The van der Waals surface area contributed by atoms with Crippen LogP contribution in [0, 0.1) is 17.7 Å². The van der Waals surface area contributed by atoms with Gasteiger partial charge < -0.3 is 10.0 Å². The summed E-state index contributed by atoms with van der Waals surface area (Å²) < 4.78 is 13.2. The fourth-order valence-corrected chi connectivity index (χ4v) is 2.03. The lowest BCUT2D eigenvalue weighted by Gasteiger charge is -2.16. The smallest absolute Gasteiger partial charge is 0.255 e. The van der Waals surface area contributed by atoms with Crippen LogP contribution < -0.4 is 0 Å². The standard InChI is InChI=1S/C14H14FNO2/c15-12-6-5-11(4-3-9-17)13(10-12)14(18)16-7-1-2-8-16/h5-6,10,17H,1-2,7-9H2. The number of benzene rings is 1. The van der Waals surface area contributed by atoms with E-state index < -0.39 is 5.82 Å². The monoisotopic (exact) mass is 247 g/mol. The zero-order chi connectivity index (χ0) is 13.0. The van der Waals surface area contributed by atoms with Crippen LogP contribution in [0.15, 0.2) is 18.2 Å². The van der Waals surface area contributed by atoms with E-state index in [1.54, 1.807) is 4.90 Å². The first-order chi connectivity index (χ1) is 8.72. The Labute approximate surface area is 105 Å². The second-order valence-corrected chi connectivity index (χ2v) is 4.15. The Morgan fingerprint density at radius 2 is 2.11 bits per heavy atom. The van der Waals surface area contributed by atoms with Gasteiger partial charge in [-0.2, -0.15) is 0 Å². The number of amides is 1. The molecule has 1 saturated heterocycles. The Bertz CT molecular complexity index is 510.